The first-order chi connectivity index (χ1) is 56.0. The summed E-state index contributed by atoms with van der Waals surface area (Å²) in [5.41, 5.74) is 2.47. The van der Waals surface area contributed by atoms with Gasteiger partial charge in [0, 0.05) is 96.9 Å². The molecule has 4 aromatic heterocycles. The third-order valence-corrected chi connectivity index (χ3v) is 22.9. The molecule has 0 bridgehead atoms. The van der Waals surface area contributed by atoms with Crippen molar-refractivity contribution in [1.82, 2.24) is 19.9 Å². The minimum Gasteiger partial charge on any atom is -0.512 e. The average Bonchev–Trinajstić information content (AvgIpc) is 0.814. The molecule has 8 N–H and O–H groups in total. The van der Waals surface area contributed by atoms with E-state index in [1.165, 1.54) is 49.1 Å². The third-order valence-electron chi connectivity index (χ3n) is 17.7. The van der Waals surface area contributed by atoms with Crippen LogP contribution in [0.3, 0.4) is 0 Å². The zero-order chi connectivity index (χ0) is 89.2. The second kappa shape index (κ2) is 43.3. The molecule has 0 saturated carbocycles. The lowest BCUT2D eigenvalue weighted by Crippen LogP contribution is -2.35. The molecular weight excluding hydrogens is 1610 g/mol. The first-order valence-corrected chi connectivity index (χ1v) is 44.7. The molecule has 642 valence electrons. The Labute approximate surface area is 699 Å². The SMILES string of the molecule is CC.CC.CC.CC.CC(C1=C(O)CC(C)(C)OC1=O)c1cccc(NS(=O)(=O)c2ccccn2)c1.CC(C1=C(O)CC(C)(C)OC1=O)c1cccc(NS(=O)(=O)c2ccccn2)c1.CC(C1=C(O)CC(C)(C)OC1=O)c1cccc(NS(=O)(=O)c2ccccn2)c1.CC1CC(O)=C(C(C)c2cccc(NS(=O)(=O)c3ccccn3)c2)C(=O)O1. The van der Waals surface area contributed by atoms with E-state index in [4.69, 9.17) is 18.9 Å². The molecule has 0 spiro atoms. The van der Waals surface area contributed by atoms with Crippen molar-refractivity contribution in [3.05, 3.63) is 262 Å². The summed E-state index contributed by atoms with van der Waals surface area (Å²) in [5.74, 6) is -4.14. The van der Waals surface area contributed by atoms with E-state index in [1.807, 2.05) is 55.4 Å². The maximum absolute atomic E-state index is 12.5. The topological polar surface area (TPSA) is 422 Å². The van der Waals surface area contributed by atoms with Gasteiger partial charge in [0.1, 0.15) is 45.9 Å². The number of aliphatic hydroxyl groups is 4. The largest absolute Gasteiger partial charge is 0.512 e. The lowest BCUT2D eigenvalue weighted by molar-refractivity contribution is -0.156. The lowest BCUT2D eigenvalue weighted by Gasteiger charge is -2.32. The van der Waals surface area contributed by atoms with E-state index in [1.54, 1.807) is 222 Å². The summed E-state index contributed by atoms with van der Waals surface area (Å²) in [6.07, 6.45) is 6.18. The Hall–Kier alpha value is -11.5. The van der Waals surface area contributed by atoms with Crippen LogP contribution in [0.1, 0.15) is 203 Å². The van der Waals surface area contributed by atoms with Crippen LogP contribution in [0.4, 0.5) is 22.7 Å². The van der Waals surface area contributed by atoms with Gasteiger partial charge in [-0.1, -0.05) is 156 Å². The quantitative estimate of drug-likeness (QED) is 0.0259. The summed E-state index contributed by atoms with van der Waals surface area (Å²) < 4.78 is 131. The second-order valence-electron chi connectivity index (χ2n) is 28.3. The fourth-order valence-corrected chi connectivity index (χ4v) is 16.4. The predicted molar refractivity (Wildman–Crippen MR) is 458 cm³/mol. The normalized spacial score (nSPS) is 17.0. The van der Waals surface area contributed by atoms with Gasteiger partial charge in [-0.3, -0.25) is 18.9 Å². The number of aromatic nitrogens is 4. The van der Waals surface area contributed by atoms with Crippen LogP contribution in [0.2, 0.25) is 0 Å². The molecule has 4 aromatic carbocycles. The zero-order valence-electron chi connectivity index (χ0n) is 70.4. The molecule has 0 radical (unpaired) electrons. The summed E-state index contributed by atoms with van der Waals surface area (Å²) in [4.78, 5) is 64.7. The van der Waals surface area contributed by atoms with Crippen LogP contribution < -0.4 is 18.9 Å². The molecule has 4 aliphatic rings. The Morgan fingerprint density at radius 1 is 0.336 bits per heavy atom. The molecule has 0 fully saturated rings. The van der Waals surface area contributed by atoms with Crippen LogP contribution in [0, 0.1) is 0 Å². The highest BCUT2D eigenvalue weighted by Crippen LogP contribution is 2.41. The molecule has 0 aliphatic carbocycles. The molecule has 12 rings (SSSR count). The summed E-state index contributed by atoms with van der Waals surface area (Å²) in [5, 5.41) is 41.0. The molecule has 8 aromatic rings. The number of benzene rings is 4. The van der Waals surface area contributed by atoms with Crippen molar-refractivity contribution >= 4 is 86.7 Å². The van der Waals surface area contributed by atoms with Crippen LogP contribution in [-0.2, 0) is 78.2 Å². The Bertz CT molecular complexity index is 5020. The van der Waals surface area contributed by atoms with Crippen molar-refractivity contribution < 1.29 is 92.2 Å². The molecule has 8 heterocycles. The number of hydrogen-bond acceptors (Lipinski definition) is 24. The molecule has 4 aliphatic heterocycles. The van der Waals surface area contributed by atoms with Gasteiger partial charge < -0.3 is 39.4 Å². The highest BCUT2D eigenvalue weighted by molar-refractivity contribution is 7.93. The number of anilines is 4. The third kappa shape index (κ3) is 27.3. The van der Waals surface area contributed by atoms with Crippen molar-refractivity contribution in [2.45, 2.75) is 224 Å². The Morgan fingerprint density at radius 2 is 0.555 bits per heavy atom. The van der Waals surface area contributed by atoms with E-state index >= 15 is 0 Å². The van der Waals surface area contributed by atoms with Gasteiger partial charge in [-0.15, -0.1) is 0 Å². The molecule has 0 amide bonds. The molecular formula is C87H110N8O20S4. The molecule has 28 nitrogen and oxygen atoms in total. The molecule has 0 saturated heterocycles. The number of cyclic esters (lactones) is 4. The first kappa shape index (κ1) is 98.1. The molecule has 32 heteroatoms. The van der Waals surface area contributed by atoms with E-state index in [0.717, 1.165) is 0 Å². The van der Waals surface area contributed by atoms with Crippen molar-refractivity contribution in [2.24, 2.45) is 0 Å². The van der Waals surface area contributed by atoms with Gasteiger partial charge in [-0.2, -0.15) is 33.7 Å². The highest BCUT2D eigenvalue weighted by Gasteiger charge is 2.41. The van der Waals surface area contributed by atoms with Crippen LogP contribution in [0.15, 0.2) is 260 Å². The van der Waals surface area contributed by atoms with Gasteiger partial charge >= 0.3 is 23.9 Å². The number of sulfonamides is 4. The van der Waals surface area contributed by atoms with Crippen molar-refractivity contribution in [3.8, 4) is 0 Å². The van der Waals surface area contributed by atoms with Crippen molar-refractivity contribution in [2.75, 3.05) is 18.9 Å². The standard InChI is InChI=1S/3C20H22N2O5S.C19H20N2O5S.4C2H6/c3*1-13(18-16(23)12-20(2,3)27-19(18)24)14-7-6-8-15(11-14)22-28(25,26)17-9-4-5-10-21-17;1-12-10-16(22)18(19(23)26-12)13(2)14-6-5-7-15(11-14)21-27(24,25)17-8-3-4-9-20-17;4*1-2/h3*4-11,13,22-23H,12H2,1-3H3;3-9,11-13,21-22H,10H2,1-2H3;4*1-2H3. The molecule has 5 atom stereocenters. The summed E-state index contributed by atoms with van der Waals surface area (Å²) in [7, 11) is -15.3. The number of nitrogens with zero attached hydrogens (tertiary/aromatic N) is 4. The van der Waals surface area contributed by atoms with Gasteiger partial charge in [0.25, 0.3) is 40.1 Å². The predicted octanol–water partition coefficient (Wildman–Crippen LogP) is 17.8. The molecule has 119 heavy (non-hydrogen) atoms. The lowest BCUT2D eigenvalue weighted by atomic mass is 9.87. The average molecular weight is 1720 g/mol. The number of ether oxygens (including phenoxy) is 4. The minimum absolute atomic E-state index is 0.00530. The Morgan fingerprint density at radius 3 is 0.748 bits per heavy atom. The van der Waals surface area contributed by atoms with Gasteiger partial charge in [-0.05, 0) is 168 Å². The highest BCUT2D eigenvalue weighted by atomic mass is 32.2. The Balaban J connectivity index is 0.000000274. The number of carbonyl (C=O) groups excluding carboxylic acids is 4. The van der Waals surface area contributed by atoms with Gasteiger partial charge in [0.2, 0.25) is 0 Å². The van der Waals surface area contributed by atoms with E-state index in [9.17, 15) is 73.3 Å². The van der Waals surface area contributed by atoms with Crippen molar-refractivity contribution in [3.63, 3.8) is 0 Å². The van der Waals surface area contributed by atoms with E-state index in [0.29, 0.717) is 45.0 Å². The smallest absolute Gasteiger partial charge is 0.338 e. The molecule has 5 unspecified atom stereocenters. The first-order valence-electron chi connectivity index (χ1n) is 38.8. The number of rotatable bonds is 20. The summed E-state index contributed by atoms with van der Waals surface area (Å²) in [6.45, 7) is 35.1. The van der Waals surface area contributed by atoms with Gasteiger partial charge in [0.05, 0.1) is 22.3 Å². The van der Waals surface area contributed by atoms with E-state index in [-0.39, 0.29) is 97.2 Å². The van der Waals surface area contributed by atoms with Crippen LogP contribution >= 0.6 is 0 Å². The monoisotopic (exact) mass is 1710 g/mol. The number of aliphatic hydroxyl groups excluding tert-OH is 4. The summed E-state index contributed by atoms with van der Waals surface area (Å²) in [6, 6.07) is 45.1. The number of nitrogens with one attached hydrogen (secondary N) is 4. The summed E-state index contributed by atoms with van der Waals surface area (Å²) >= 11 is 0. The Kier molecular flexibility index (Phi) is 35.7. The zero-order valence-corrected chi connectivity index (χ0v) is 73.7. The van der Waals surface area contributed by atoms with Crippen LogP contribution in [0.5, 0.6) is 0 Å². The number of esters is 4. The fraction of sp³-hybridized carbons (Fsp3) is 0.356. The van der Waals surface area contributed by atoms with Crippen LogP contribution in [0.25, 0.3) is 0 Å². The van der Waals surface area contributed by atoms with Crippen LogP contribution in [-0.4, -0.2) is 121 Å². The number of carbonyl (C=O) groups is 4. The van der Waals surface area contributed by atoms with Gasteiger partial charge in [-0.25, -0.2) is 39.1 Å². The number of pyridine rings is 4. The van der Waals surface area contributed by atoms with E-state index < -0.39 is 104 Å². The van der Waals surface area contributed by atoms with E-state index in [2.05, 4.69) is 38.8 Å². The maximum atomic E-state index is 12.5. The number of hydrogen-bond donors (Lipinski definition) is 8. The fourth-order valence-electron chi connectivity index (χ4n) is 12.4. The second-order valence-corrected chi connectivity index (χ2v) is 34.8. The van der Waals surface area contributed by atoms with Crippen molar-refractivity contribution in [1.29, 1.82) is 0 Å². The maximum Gasteiger partial charge on any atom is 0.338 e. The van der Waals surface area contributed by atoms with Gasteiger partial charge in [0.15, 0.2) is 20.1 Å². The minimum atomic E-state index is -3.83.